The van der Waals surface area contributed by atoms with Gasteiger partial charge in [-0.05, 0) is 31.0 Å². The van der Waals surface area contributed by atoms with E-state index in [2.05, 4.69) is 20.5 Å². The number of nitrogens with zero attached hydrogens (tertiary/aromatic N) is 3. The van der Waals surface area contributed by atoms with E-state index in [4.69, 9.17) is 4.98 Å². The first-order valence-corrected chi connectivity index (χ1v) is 10.8. The van der Waals surface area contributed by atoms with E-state index in [1.807, 2.05) is 39.0 Å². The van der Waals surface area contributed by atoms with Gasteiger partial charge < -0.3 is 4.57 Å². The molecule has 150 valence electrons. The van der Waals surface area contributed by atoms with Crippen molar-refractivity contribution < 1.29 is 21.6 Å². The first-order chi connectivity index (χ1) is 12.3. The van der Waals surface area contributed by atoms with Gasteiger partial charge in [-0.25, -0.2) is 13.4 Å². The Kier molecular flexibility index (Phi) is 5.14. The summed E-state index contributed by atoms with van der Waals surface area (Å²) in [6.45, 7) is 5.77. The van der Waals surface area contributed by atoms with E-state index in [-0.39, 0.29) is 24.5 Å². The largest absolute Gasteiger partial charge is 0.511 e. The van der Waals surface area contributed by atoms with E-state index in [1.165, 1.54) is 0 Å². The third kappa shape index (κ3) is 3.75. The molecule has 0 saturated carbocycles. The van der Waals surface area contributed by atoms with Crippen molar-refractivity contribution >= 4 is 37.0 Å². The number of imidazole rings is 1. The van der Waals surface area contributed by atoms with Crippen LogP contribution >= 0.6 is 15.9 Å². The second kappa shape index (κ2) is 6.73. The lowest BCUT2D eigenvalue weighted by Gasteiger charge is -2.34. The summed E-state index contributed by atoms with van der Waals surface area (Å²) in [5.41, 5.74) is -3.82. The SMILES string of the molecule is CC(C)(C)c1nc2ccc(Br)cc2n1C1CCN(S(=O)(=O)C(F)(F)F)CC1. The summed E-state index contributed by atoms with van der Waals surface area (Å²) in [7, 11) is -5.28. The number of hydrogen-bond acceptors (Lipinski definition) is 3. The first-order valence-electron chi connectivity index (χ1n) is 8.57. The zero-order valence-electron chi connectivity index (χ0n) is 15.2. The molecule has 0 radical (unpaired) electrons. The molecule has 1 aliphatic heterocycles. The van der Waals surface area contributed by atoms with Crippen LogP contribution in [0.2, 0.25) is 0 Å². The molecule has 0 bridgehead atoms. The van der Waals surface area contributed by atoms with Crippen molar-refractivity contribution in [2.75, 3.05) is 13.1 Å². The lowest BCUT2D eigenvalue weighted by molar-refractivity contribution is -0.0496. The molecule has 1 aromatic carbocycles. The number of hydrogen-bond donors (Lipinski definition) is 0. The maximum absolute atomic E-state index is 12.8. The van der Waals surface area contributed by atoms with Crippen LogP contribution in [-0.4, -0.2) is 40.9 Å². The molecule has 2 heterocycles. The van der Waals surface area contributed by atoms with E-state index in [9.17, 15) is 21.6 Å². The van der Waals surface area contributed by atoms with Crippen molar-refractivity contribution in [3.8, 4) is 0 Å². The van der Waals surface area contributed by atoms with Gasteiger partial charge in [0.1, 0.15) is 5.82 Å². The summed E-state index contributed by atoms with van der Waals surface area (Å²) in [5.74, 6) is 0.840. The third-order valence-electron chi connectivity index (χ3n) is 4.74. The number of piperidine rings is 1. The summed E-state index contributed by atoms with van der Waals surface area (Å²) in [6, 6.07) is 5.62. The van der Waals surface area contributed by atoms with Gasteiger partial charge >= 0.3 is 15.5 Å². The molecule has 27 heavy (non-hydrogen) atoms. The molecular formula is C17H21BrF3N3O2S. The molecule has 0 unspecified atom stereocenters. The van der Waals surface area contributed by atoms with Gasteiger partial charge in [-0.2, -0.15) is 17.5 Å². The van der Waals surface area contributed by atoms with Crippen LogP contribution in [0, 0.1) is 0 Å². The van der Waals surface area contributed by atoms with Crippen LogP contribution in [0.1, 0.15) is 45.5 Å². The lowest BCUT2D eigenvalue weighted by atomic mass is 9.94. The predicted octanol–water partition coefficient (Wildman–Crippen LogP) is 4.58. The highest BCUT2D eigenvalue weighted by Gasteiger charge is 2.50. The fourth-order valence-electron chi connectivity index (χ4n) is 3.45. The van der Waals surface area contributed by atoms with Crippen LogP contribution in [0.3, 0.4) is 0 Å². The van der Waals surface area contributed by atoms with Crippen molar-refractivity contribution in [3.05, 3.63) is 28.5 Å². The van der Waals surface area contributed by atoms with Gasteiger partial charge in [0, 0.05) is 29.0 Å². The van der Waals surface area contributed by atoms with Gasteiger partial charge in [-0.3, -0.25) is 0 Å². The predicted molar refractivity (Wildman–Crippen MR) is 101 cm³/mol. The van der Waals surface area contributed by atoms with Crippen LogP contribution in [0.15, 0.2) is 22.7 Å². The molecule has 0 N–H and O–H groups in total. The summed E-state index contributed by atoms with van der Waals surface area (Å²) in [5, 5.41) is 0. The maximum Gasteiger partial charge on any atom is 0.511 e. The van der Waals surface area contributed by atoms with Crippen molar-refractivity contribution in [2.24, 2.45) is 0 Å². The average Bonchev–Trinajstić information content (AvgIpc) is 2.92. The Labute approximate surface area is 164 Å². The fourth-order valence-corrected chi connectivity index (χ4v) is 4.79. The molecule has 1 aromatic heterocycles. The molecule has 1 aliphatic rings. The molecular weight excluding hydrogens is 447 g/mol. The van der Waals surface area contributed by atoms with E-state index in [0.29, 0.717) is 17.1 Å². The van der Waals surface area contributed by atoms with Crippen LogP contribution in [0.25, 0.3) is 11.0 Å². The number of alkyl halides is 3. The highest BCUT2D eigenvalue weighted by atomic mass is 79.9. The summed E-state index contributed by atoms with van der Waals surface area (Å²) in [4.78, 5) is 4.74. The molecule has 1 fully saturated rings. The Morgan fingerprint density at radius 2 is 1.74 bits per heavy atom. The Morgan fingerprint density at radius 1 is 1.15 bits per heavy atom. The summed E-state index contributed by atoms with van der Waals surface area (Å²) < 4.78 is 65.2. The van der Waals surface area contributed by atoms with Crippen LogP contribution in [0.5, 0.6) is 0 Å². The second-order valence-corrected chi connectivity index (χ2v) is 10.6. The zero-order valence-corrected chi connectivity index (χ0v) is 17.6. The molecule has 0 amide bonds. The molecule has 3 rings (SSSR count). The minimum absolute atomic E-state index is 0.113. The Balaban J connectivity index is 1.97. The Hall–Kier alpha value is -1.13. The number of sulfonamides is 1. The summed E-state index contributed by atoms with van der Waals surface area (Å²) >= 11 is 3.45. The maximum atomic E-state index is 12.8. The average molecular weight is 468 g/mol. The van der Waals surface area contributed by atoms with Gasteiger partial charge in [0.15, 0.2) is 0 Å². The quantitative estimate of drug-likeness (QED) is 0.649. The topological polar surface area (TPSA) is 55.2 Å². The monoisotopic (exact) mass is 467 g/mol. The minimum atomic E-state index is -5.28. The van der Waals surface area contributed by atoms with Crippen LogP contribution in [0.4, 0.5) is 13.2 Å². The van der Waals surface area contributed by atoms with Crippen LogP contribution in [-0.2, 0) is 15.4 Å². The Morgan fingerprint density at radius 3 is 2.26 bits per heavy atom. The minimum Gasteiger partial charge on any atom is -0.324 e. The summed E-state index contributed by atoms with van der Waals surface area (Å²) in [6.07, 6.45) is 0.604. The number of rotatable bonds is 2. The van der Waals surface area contributed by atoms with Crippen molar-refractivity contribution in [2.45, 2.75) is 50.6 Å². The number of fused-ring (bicyclic) bond motifs is 1. The van der Waals surface area contributed by atoms with Gasteiger partial charge in [0.05, 0.1) is 11.0 Å². The highest BCUT2D eigenvalue weighted by molar-refractivity contribution is 9.10. The lowest BCUT2D eigenvalue weighted by Crippen LogP contribution is -2.45. The van der Waals surface area contributed by atoms with Gasteiger partial charge in [-0.1, -0.05) is 36.7 Å². The normalized spacial score (nSPS) is 18.3. The molecule has 0 spiro atoms. The van der Waals surface area contributed by atoms with Crippen molar-refractivity contribution in [1.29, 1.82) is 0 Å². The van der Waals surface area contributed by atoms with E-state index < -0.39 is 15.5 Å². The van der Waals surface area contributed by atoms with E-state index in [0.717, 1.165) is 21.3 Å². The first kappa shape index (κ1) is 20.6. The zero-order chi connectivity index (χ0) is 20.2. The van der Waals surface area contributed by atoms with Crippen molar-refractivity contribution in [1.82, 2.24) is 13.9 Å². The van der Waals surface area contributed by atoms with Crippen molar-refractivity contribution in [3.63, 3.8) is 0 Å². The highest BCUT2D eigenvalue weighted by Crippen LogP contribution is 2.37. The molecule has 10 heteroatoms. The third-order valence-corrected chi connectivity index (χ3v) is 6.87. The second-order valence-electron chi connectivity index (χ2n) is 7.77. The molecule has 5 nitrogen and oxygen atoms in total. The fraction of sp³-hybridized carbons (Fsp3) is 0.588. The number of aromatic nitrogens is 2. The smallest absolute Gasteiger partial charge is 0.324 e. The molecule has 1 saturated heterocycles. The number of halogens is 4. The van der Waals surface area contributed by atoms with Gasteiger partial charge in [0.2, 0.25) is 0 Å². The standard InChI is InChI=1S/C17H21BrF3N3O2S/c1-16(2,3)15-22-13-5-4-11(18)10-14(13)24(15)12-6-8-23(9-7-12)27(25,26)17(19,20)21/h4-5,10,12H,6-9H2,1-3H3. The van der Waals surface area contributed by atoms with Gasteiger partial charge in [0.25, 0.3) is 0 Å². The number of benzene rings is 1. The molecule has 0 aliphatic carbocycles. The Bertz CT molecular complexity index is 956. The van der Waals surface area contributed by atoms with E-state index >= 15 is 0 Å². The van der Waals surface area contributed by atoms with E-state index in [1.54, 1.807) is 0 Å². The van der Waals surface area contributed by atoms with Crippen LogP contribution < -0.4 is 0 Å². The van der Waals surface area contributed by atoms with Gasteiger partial charge in [-0.15, -0.1) is 0 Å². The molecule has 0 atom stereocenters. The molecule has 2 aromatic rings.